The predicted molar refractivity (Wildman–Crippen MR) is 99.0 cm³/mol. The van der Waals surface area contributed by atoms with Gasteiger partial charge in [-0.25, -0.2) is 4.79 Å². The van der Waals surface area contributed by atoms with Crippen LogP contribution < -0.4 is 9.47 Å². The van der Waals surface area contributed by atoms with Gasteiger partial charge in [-0.2, -0.15) is 0 Å². The average Bonchev–Trinajstić information content (AvgIpc) is 2.55. The summed E-state index contributed by atoms with van der Waals surface area (Å²) in [4.78, 5) is 14.0. The summed E-state index contributed by atoms with van der Waals surface area (Å²) in [7, 11) is 1.60. The molecule has 2 rings (SSSR count). The number of amides is 1. The zero-order chi connectivity index (χ0) is 18.6. The van der Waals surface area contributed by atoms with Crippen LogP contribution in [-0.2, 0) is 4.74 Å². The third kappa shape index (κ3) is 5.18. The van der Waals surface area contributed by atoms with Crippen molar-refractivity contribution < 1.29 is 19.0 Å². The highest BCUT2D eigenvalue weighted by Gasteiger charge is 2.28. The van der Waals surface area contributed by atoms with Crippen molar-refractivity contribution in [1.82, 2.24) is 4.90 Å². The standard InChI is InChI=1S/C19H28ClNO4/c1-6-24-16-12-14(11-15(23-5)17(16)20)13-7-9-21(10-8-13)18(22)25-19(2,3)4/h11-13H,6-10H2,1-5H3. The SMILES string of the molecule is CCOc1cc(C2CCN(C(=O)OC(C)(C)C)CC2)cc(OC)c1Cl. The van der Waals surface area contributed by atoms with Crippen molar-refractivity contribution in [3.63, 3.8) is 0 Å². The van der Waals surface area contributed by atoms with Gasteiger partial charge in [0.2, 0.25) is 0 Å². The fourth-order valence-corrected chi connectivity index (χ4v) is 3.20. The molecule has 0 spiro atoms. The van der Waals surface area contributed by atoms with Gasteiger partial charge in [0.15, 0.2) is 0 Å². The number of likely N-dealkylation sites (tertiary alicyclic amines) is 1. The molecule has 25 heavy (non-hydrogen) atoms. The minimum Gasteiger partial charge on any atom is -0.495 e. The number of piperidine rings is 1. The first-order chi connectivity index (χ1) is 11.7. The van der Waals surface area contributed by atoms with Gasteiger partial charge in [-0.15, -0.1) is 0 Å². The highest BCUT2D eigenvalue weighted by molar-refractivity contribution is 6.33. The van der Waals surface area contributed by atoms with Crippen LogP contribution in [0.3, 0.4) is 0 Å². The Morgan fingerprint density at radius 1 is 1.24 bits per heavy atom. The zero-order valence-corrected chi connectivity index (χ0v) is 16.5. The number of nitrogens with zero attached hydrogens (tertiary/aromatic N) is 1. The summed E-state index contributed by atoms with van der Waals surface area (Å²) >= 11 is 6.31. The van der Waals surface area contributed by atoms with Gasteiger partial charge < -0.3 is 19.1 Å². The summed E-state index contributed by atoms with van der Waals surface area (Å²) in [5, 5.41) is 0.499. The number of carbonyl (C=O) groups excluding carboxylic acids is 1. The number of rotatable bonds is 4. The van der Waals surface area contributed by atoms with E-state index in [1.807, 2.05) is 39.8 Å². The van der Waals surface area contributed by atoms with Crippen LogP contribution in [0.15, 0.2) is 12.1 Å². The second kappa shape index (κ2) is 8.17. The number of methoxy groups -OCH3 is 1. The normalized spacial score (nSPS) is 15.8. The van der Waals surface area contributed by atoms with E-state index in [1.165, 1.54) is 0 Å². The van der Waals surface area contributed by atoms with E-state index in [9.17, 15) is 4.79 Å². The van der Waals surface area contributed by atoms with Gasteiger partial charge in [0.05, 0.1) is 13.7 Å². The van der Waals surface area contributed by atoms with Crippen molar-refractivity contribution in [3.8, 4) is 11.5 Å². The van der Waals surface area contributed by atoms with Crippen LogP contribution in [0.5, 0.6) is 11.5 Å². The number of halogens is 1. The molecule has 6 heteroatoms. The molecule has 1 aromatic carbocycles. The monoisotopic (exact) mass is 369 g/mol. The topological polar surface area (TPSA) is 48.0 Å². The molecule has 0 saturated carbocycles. The van der Waals surface area contributed by atoms with Crippen molar-refractivity contribution in [2.75, 3.05) is 26.8 Å². The van der Waals surface area contributed by atoms with Crippen molar-refractivity contribution in [3.05, 3.63) is 22.7 Å². The number of hydrogen-bond acceptors (Lipinski definition) is 4. The maximum absolute atomic E-state index is 12.2. The van der Waals surface area contributed by atoms with Gasteiger partial charge in [0.25, 0.3) is 0 Å². The fourth-order valence-electron chi connectivity index (χ4n) is 2.96. The molecule has 0 atom stereocenters. The summed E-state index contributed by atoms with van der Waals surface area (Å²) in [5.74, 6) is 1.61. The first kappa shape index (κ1) is 19.7. The van der Waals surface area contributed by atoms with Crippen molar-refractivity contribution in [2.45, 2.75) is 52.1 Å². The average molecular weight is 370 g/mol. The summed E-state index contributed by atoms with van der Waals surface area (Å²) in [5.41, 5.74) is 0.665. The van der Waals surface area contributed by atoms with E-state index in [4.69, 9.17) is 25.8 Å². The Labute approximate surface area is 155 Å². The first-order valence-corrected chi connectivity index (χ1v) is 9.11. The summed E-state index contributed by atoms with van der Waals surface area (Å²) in [6.07, 6.45) is 1.50. The molecule has 1 aromatic rings. The van der Waals surface area contributed by atoms with Crippen molar-refractivity contribution >= 4 is 17.7 Å². The molecule has 5 nitrogen and oxygen atoms in total. The van der Waals surface area contributed by atoms with E-state index in [0.29, 0.717) is 42.1 Å². The van der Waals surface area contributed by atoms with Crippen LogP contribution in [0.25, 0.3) is 0 Å². The van der Waals surface area contributed by atoms with Crippen molar-refractivity contribution in [1.29, 1.82) is 0 Å². The lowest BCUT2D eigenvalue weighted by Crippen LogP contribution is -2.41. The van der Waals surface area contributed by atoms with Crippen LogP contribution in [0.4, 0.5) is 4.79 Å². The van der Waals surface area contributed by atoms with Gasteiger partial charge in [0, 0.05) is 13.1 Å². The molecule has 1 saturated heterocycles. The van der Waals surface area contributed by atoms with E-state index in [1.54, 1.807) is 12.0 Å². The maximum atomic E-state index is 12.2. The van der Waals surface area contributed by atoms with Crippen LogP contribution in [0.2, 0.25) is 5.02 Å². The van der Waals surface area contributed by atoms with Crippen LogP contribution in [-0.4, -0.2) is 43.4 Å². The molecular formula is C19H28ClNO4. The minimum absolute atomic E-state index is 0.241. The third-order valence-corrected chi connectivity index (χ3v) is 4.54. The van der Waals surface area contributed by atoms with Crippen LogP contribution >= 0.6 is 11.6 Å². The van der Waals surface area contributed by atoms with E-state index in [0.717, 1.165) is 18.4 Å². The second-order valence-electron chi connectivity index (χ2n) is 7.21. The summed E-state index contributed by atoms with van der Waals surface area (Å²) < 4.78 is 16.5. The lowest BCUT2D eigenvalue weighted by Gasteiger charge is -2.33. The Kier molecular flexibility index (Phi) is 6.44. The Morgan fingerprint density at radius 3 is 2.36 bits per heavy atom. The number of carbonyl (C=O) groups is 1. The van der Waals surface area contributed by atoms with Gasteiger partial charge in [-0.3, -0.25) is 0 Å². The molecular weight excluding hydrogens is 342 g/mol. The smallest absolute Gasteiger partial charge is 0.410 e. The lowest BCUT2D eigenvalue weighted by molar-refractivity contribution is 0.0204. The van der Waals surface area contributed by atoms with Gasteiger partial charge in [-0.05, 0) is 64.2 Å². The number of benzene rings is 1. The van der Waals surface area contributed by atoms with Gasteiger partial charge in [0.1, 0.15) is 22.1 Å². The van der Waals surface area contributed by atoms with Crippen LogP contribution in [0, 0.1) is 0 Å². The highest BCUT2D eigenvalue weighted by Crippen LogP contribution is 2.40. The highest BCUT2D eigenvalue weighted by atomic mass is 35.5. The molecule has 1 fully saturated rings. The van der Waals surface area contributed by atoms with E-state index < -0.39 is 5.60 Å². The van der Waals surface area contributed by atoms with Crippen molar-refractivity contribution in [2.24, 2.45) is 0 Å². The molecule has 0 bridgehead atoms. The van der Waals surface area contributed by atoms with Crippen LogP contribution in [0.1, 0.15) is 52.0 Å². The van der Waals surface area contributed by atoms with Gasteiger partial charge >= 0.3 is 6.09 Å². The minimum atomic E-state index is -0.468. The van der Waals surface area contributed by atoms with Gasteiger partial charge in [-0.1, -0.05) is 11.6 Å². The Bertz CT molecular complexity index is 604. The molecule has 0 aliphatic carbocycles. The molecule has 1 aliphatic heterocycles. The molecule has 1 heterocycles. The number of ether oxygens (including phenoxy) is 3. The van der Waals surface area contributed by atoms with E-state index in [-0.39, 0.29) is 6.09 Å². The number of hydrogen-bond donors (Lipinski definition) is 0. The zero-order valence-electron chi connectivity index (χ0n) is 15.7. The Balaban J connectivity index is 2.07. The molecule has 0 N–H and O–H groups in total. The van der Waals surface area contributed by atoms with E-state index >= 15 is 0 Å². The maximum Gasteiger partial charge on any atom is 0.410 e. The molecule has 0 aromatic heterocycles. The molecule has 140 valence electrons. The fraction of sp³-hybridized carbons (Fsp3) is 0.632. The predicted octanol–water partition coefficient (Wildman–Crippen LogP) is 4.86. The third-order valence-electron chi connectivity index (χ3n) is 4.17. The summed E-state index contributed by atoms with van der Waals surface area (Å²) in [6.45, 7) is 9.47. The molecule has 0 radical (unpaired) electrons. The lowest BCUT2D eigenvalue weighted by atomic mass is 9.89. The second-order valence-corrected chi connectivity index (χ2v) is 7.59. The Morgan fingerprint density at radius 2 is 1.84 bits per heavy atom. The molecule has 0 unspecified atom stereocenters. The quantitative estimate of drug-likeness (QED) is 0.760. The molecule has 1 aliphatic rings. The summed E-state index contributed by atoms with van der Waals surface area (Å²) in [6, 6.07) is 3.96. The largest absolute Gasteiger partial charge is 0.495 e. The van der Waals surface area contributed by atoms with E-state index in [2.05, 4.69) is 0 Å². The molecule has 1 amide bonds. The first-order valence-electron chi connectivity index (χ1n) is 8.73. The Hall–Kier alpha value is -1.62.